The van der Waals surface area contributed by atoms with E-state index in [0.29, 0.717) is 0 Å². The highest BCUT2D eigenvalue weighted by Crippen LogP contribution is 2.12. The van der Waals surface area contributed by atoms with Gasteiger partial charge in [-0.1, -0.05) is 23.3 Å². The van der Waals surface area contributed by atoms with Crippen molar-refractivity contribution in [1.29, 1.82) is 0 Å². The number of sulfonamides is 1. The number of nitrogens with zero attached hydrogens (tertiary/aromatic N) is 3. The number of hydrogen-bond donors (Lipinski definition) is 0. The summed E-state index contributed by atoms with van der Waals surface area (Å²) < 4.78 is 26.8. The van der Waals surface area contributed by atoms with E-state index in [4.69, 9.17) is 0 Å². The third-order valence-electron chi connectivity index (χ3n) is 1.67. The van der Waals surface area contributed by atoms with Gasteiger partial charge in [0.05, 0.1) is 4.90 Å². The van der Waals surface area contributed by atoms with Gasteiger partial charge in [-0.2, -0.15) is 8.42 Å². The molecule has 0 fully saturated rings. The highest BCUT2D eigenvalue weighted by Gasteiger charge is 2.16. The highest BCUT2D eigenvalue weighted by molar-refractivity contribution is 7.90. The second kappa shape index (κ2) is 3.77. The smallest absolute Gasteiger partial charge is 0.284 e. The highest BCUT2D eigenvalue weighted by atomic mass is 32.2. The summed E-state index contributed by atoms with van der Waals surface area (Å²) in [6, 6.07) is 7.91. The molecular formula is C8H7N3O3S. The van der Waals surface area contributed by atoms with Crippen LogP contribution in [0.25, 0.3) is 0 Å². The van der Waals surface area contributed by atoms with E-state index in [1.165, 1.54) is 12.1 Å². The van der Waals surface area contributed by atoms with Crippen LogP contribution in [-0.4, -0.2) is 20.9 Å². The molecule has 15 heavy (non-hydrogen) atoms. The van der Waals surface area contributed by atoms with E-state index in [1.807, 2.05) is 0 Å². The molecule has 0 spiro atoms. The van der Waals surface area contributed by atoms with Crippen LogP contribution in [0.3, 0.4) is 0 Å². The molecule has 0 unspecified atom stereocenters. The first-order valence-electron chi connectivity index (χ1n) is 4.10. The number of hydrogen-bond acceptors (Lipinski definition) is 4. The van der Waals surface area contributed by atoms with Gasteiger partial charge in [-0.3, -0.25) is 0 Å². The molecule has 0 N–H and O–H groups in total. The summed E-state index contributed by atoms with van der Waals surface area (Å²) in [6.45, 7) is -0.00787. The number of amidine groups is 1. The van der Waals surface area contributed by atoms with Gasteiger partial charge in [0.25, 0.3) is 10.0 Å². The molecule has 78 valence electrons. The van der Waals surface area contributed by atoms with Crippen LogP contribution in [0.1, 0.15) is 0 Å². The molecule has 0 amide bonds. The topological polar surface area (TPSA) is 80.5 Å². The zero-order valence-corrected chi connectivity index (χ0v) is 8.38. The predicted octanol–water partition coefficient (Wildman–Crippen LogP) is 1.17. The van der Waals surface area contributed by atoms with Crippen LogP contribution in [0.5, 0.6) is 0 Å². The van der Waals surface area contributed by atoms with E-state index in [-0.39, 0.29) is 17.3 Å². The minimum absolute atomic E-state index is 0.00787. The molecule has 0 bridgehead atoms. The summed E-state index contributed by atoms with van der Waals surface area (Å²) in [5.41, 5.74) is 0. The third-order valence-corrected chi connectivity index (χ3v) is 2.99. The zero-order chi connectivity index (χ0) is 10.7. The van der Waals surface area contributed by atoms with Gasteiger partial charge in [-0.15, -0.1) is 4.40 Å². The Morgan fingerprint density at radius 3 is 2.60 bits per heavy atom. The van der Waals surface area contributed by atoms with Crippen LogP contribution < -0.4 is 0 Å². The van der Waals surface area contributed by atoms with E-state index in [1.54, 1.807) is 18.2 Å². The fourth-order valence-electron chi connectivity index (χ4n) is 1.02. The second-order valence-corrected chi connectivity index (χ2v) is 4.35. The first-order valence-corrected chi connectivity index (χ1v) is 5.54. The van der Waals surface area contributed by atoms with E-state index < -0.39 is 10.0 Å². The lowest BCUT2D eigenvalue weighted by atomic mass is 10.4. The van der Waals surface area contributed by atoms with E-state index >= 15 is 0 Å². The minimum atomic E-state index is -3.69. The summed E-state index contributed by atoms with van der Waals surface area (Å²) >= 11 is 0. The van der Waals surface area contributed by atoms with Gasteiger partial charge in [0.1, 0.15) is 0 Å². The van der Waals surface area contributed by atoms with Crippen molar-refractivity contribution in [3.63, 3.8) is 0 Å². The molecule has 0 aromatic heterocycles. The number of benzene rings is 1. The van der Waals surface area contributed by atoms with Crippen LogP contribution in [0, 0.1) is 0 Å². The molecule has 1 heterocycles. The first kappa shape index (κ1) is 9.78. The first-order chi connectivity index (χ1) is 7.18. The summed E-state index contributed by atoms with van der Waals surface area (Å²) in [5, 5.41) is 6.59. The van der Waals surface area contributed by atoms with Crippen LogP contribution in [0.2, 0.25) is 0 Å². The Hall–Kier alpha value is -1.76. The fraction of sp³-hybridized carbons (Fsp3) is 0.125. The van der Waals surface area contributed by atoms with E-state index in [0.717, 1.165) is 0 Å². The largest absolute Gasteiger partial charge is 0.371 e. The zero-order valence-electron chi connectivity index (χ0n) is 7.57. The molecule has 1 aliphatic heterocycles. The molecule has 0 aliphatic carbocycles. The van der Waals surface area contributed by atoms with Crippen LogP contribution in [-0.2, 0) is 14.9 Å². The maximum atomic E-state index is 11.6. The maximum absolute atomic E-state index is 11.6. The summed E-state index contributed by atoms with van der Waals surface area (Å²) in [4.78, 5) is 4.63. The molecule has 2 rings (SSSR count). The van der Waals surface area contributed by atoms with Crippen molar-refractivity contribution >= 4 is 15.9 Å². The quantitative estimate of drug-likeness (QED) is 0.757. The van der Waals surface area contributed by atoms with Crippen LogP contribution in [0.15, 0.2) is 50.0 Å². The van der Waals surface area contributed by atoms with E-state index in [9.17, 15) is 8.42 Å². The standard InChI is InChI=1S/C8H7N3O3S/c12-15(13,7-4-2-1-3-5-7)10-8-6-14-11-9-8/h1-5H,6H2. The lowest BCUT2D eigenvalue weighted by molar-refractivity contribution is 0.186. The molecule has 0 saturated heterocycles. The van der Waals surface area contributed by atoms with Crippen molar-refractivity contribution in [2.75, 3.05) is 6.61 Å². The fourth-order valence-corrected chi connectivity index (χ4v) is 1.99. The van der Waals surface area contributed by atoms with Crippen LogP contribution in [0.4, 0.5) is 0 Å². The Morgan fingerprint density at radius 1 is 1.27 bits per heavy atom. The molecule has 7 heteroatoms. The van der Waals surface area contributed by atoms with Crippen molar-refractivity contribution in [2.24, 2.45) is 14.8 Å². The SMILES string of the molecule is O=S(=O)(N=C1CON=N1)c1ccccc1. The summed E-state index contributed by atoms with van der Waals surface area (Å²) in [5.74, 6) is 0.0545. The van der Waals surface area contributed by atoms with Gasteiger partial charge in [0.2, 0.25) is 5.84 Å². The molecular weight excluding hydrogens is 218 g/mol. The van der Waals surface area contributed by atoms with Gasteiger partial charge in [-0.25, -0.2) is 0 Å². The summed E-state index contributed by atoms with van der Waals surface area (Å²) in [7, 11) is -3.69. The lowest BCUT2D eigenvalue weighted by Crippen LogP contribution is -2.03. The van der Waals surface area contributed by atoms with Crippen molar-refractivity contribution in [1.82, 2.24) is 0 Å². The van der Waals surface area contributed by atoms with E-state index in [2.05, 4.69) is 19.6 Å². The Kier molecular flexibility index (Phi) is 2.46. The number of rotatable bonds is 2. The molecule has 6 nitrogen and oxygen atoms in total. The lowest BCUT2D eigenvalue weighted by Gasteiger charge is -1.96. The average Bonchev–Trinajstić information content (AvgIpc) is 2.71. The molecule has 0 radical (unpaired) electrons. The van der Waals surface area contributed by atoms with Gasteiger partial charge in [0.15, 0.2) is 6.61 Å². The Labute approximate surface area is 86.3 Å². The van der Waals surface area contributed by atoms with Crippen molar-refractivity contribution in [2.45, 2.75) is 4.90 Å². The summed E-state index contributed by atoms with van der Waals surface area (Å²) in [6.07, 6.45) is 0. The molecule has 1 aromatic carbocycles. The molecule has 0 saturated carbocycles. The van der Waals surface area contributed by atoms with Crippen molar-refractivity contribution in [3.05, 3.63) is 30.3 Å². The second-order valence-electron chi connectivity index (χ2n) is 2.75. The Morgan fingerprint density at radius 2 is 2.00 bits per heavy atom. The molecule has 1 aliphatic rings. The van der Waals surface area contributed by atoms with Gasteiger partial charge >= 0.3 is 0 Å². The van der Waals surface area contributed by atoms with Crippen molar-refractivity contribution in [3.8, 4) is 0 Å². The third kappa shape index (κ3) is 2.18. The Bertz CT molecular complexity index is 507. The predicted molar refractivity (Wildman–Crippen MR) is 51.9 cm³/mol. The molecule has 1 aromatic rings. The monoisotopic (exact) mass is 225 g/mol. The minimum Gasteiger partial charge on any atom is -0.371 e. The maximum Gasteiger partial charge on any atom is 0.284 e. The Balaban J connectivity index is 2.36. The normalized spacial score (nSPS) is 18.0. The molecule has 0 atom stereocenters. The van der Waals surface area contributed by atoms with Crippen molar-refractivity contribution < 1.29 is 13.3 Å². The van der Waals surface area contributed by atoms with Gasteiger partial charge in [0, 0.05) is 5.28 Å². The average molecular weight is 225 g/mol. The van der Waals surface area contributed by atoms with Gasteiger partial charge < -0.3 is 4.84 Å². The van der Waals surface area contributed by atoms with Gasteiger partial charge in [-0.05, 0) is 12.1 Å². The van der Waals surface area contributed by atoms with Crippen LogP contribution >= 0.6 is 0 Å².